The molecule has 1 heterocycles. The maximum absolute atomic E-state index is 13.2. The van der Waals surface area contributed by atoms with Gasteiger partial charge in [0, 0.05) is 10.6 Å². The molecule has 1 saturated heterocycles. The number of halogens is 1. The van der Waals surface area contributed by atoms with Crippen molar-refractivity contribution in [3.63, 3.8) is 0 Å². The Kier molecular flexibility index (Phi) is 8.36. The number of ether oxygens (including phenoxy) is 3. The number of hydrogen-bond acceptors (Lipinski definition) is 6. The molecule has 0 unspecified atom stereocenters. The lowest BCUT2D eigenvalue weighted by Gasteiger charge is -2.16. The van der Waals surface area contributed by atoms with Crippen LogP contribution in [-0.2, 0) is 17.8 Å². The molecule has 0 atom stereocenters. The number of nitrogens with zero attached hydrogens (tertiary/aromatic N) is 1. The molecule has 184 valence electrons. The van der Waals surface area contributed by atoms with Gasteiger partial charge in [-0.3, -0.25) is 9.69 Å². The van der Waals surface area contributed by atoms with Crippen LogP contribution in [0.15, 0.2) is 78.2 Å². The van der Waals surface area contributed by atoms with Crippen LogP contribution in [0.1, 0.15) is 16.7 Å². The van der Waals surface area contributed by atoms with Gasteiger partial charge < -0.3 is 14.2 Å². The highest BCUT2D eigenvalue weighted by Crippen LogP contribution is 2.39. The van der Waals surface area contributed by atoms with Gasteiger partial charge in [-0.25, -0.2) is 0 Å². The highest BCUT2D eigenvalue weighted by atomic mass is 35.5. The largest absolute Gasteiger partial charge is 0.497 e. The Morgan fingerprint density at radius 2 is 1.78 bits per heavy atom. The predicted octanol–water partition coefficient (Wildman–Crippen LogP) is 7.07. The van der Waals surface area contributed by atoms with Crippen molar-refractivity contribution in [1.29, 1.82) is 0 Å². The SMILES string of the molecule is C=CCc1cc(/C=C2/SC(=S)N(c3ccc(OC)cc3)C2=O)cc(OC)c1OCc1ccc(Cl)cc1. The first-order valence-corrected chi connectivity index (χ1v) is 12.6. The second kappa shape index (κ2) is 11.6. The first-order chi connectivity index (χ1) is 17.4. The molecule has 1 fully saturated rings. The van der Waals surface area contributed by atoms with E-state index >= 15 is 0 Å². The summed E-state index contributed by atoms with van der Waals surface area (Å²) < 4.78 is 17.5. The zero-order valence-electron chi connectivity index (χ0n) is 19.8. The van der Waals surface area contributed by atoms with E-state index in [2.05, 4.69) is 6.58 Å². The molecule has 1 aliphatic heterocycles. The van der Waals surface area contributed by atoms with Gasteiger partial charge in [0.05, 0.1) is 24.8 Å². The lowest BCUT2D eigenvalue weighted by atomic mass is 10.0. The number of allylic oxidation sites excluding steroid dienone is 1. The Hall–Kier alpha value is -3.26. The van der Waals surface area contributed by atoms with Crippen LogP contribution in [0.5, 0.6) is 17.2 Å². The first-order valence-electron chi connectivity index (χ1n) is 11.0. The third kappa shape index (κ3) is 5.75. The molecule has 0 spiro atoms. The Bertz CT molecular complexity index is 1320. The standard InChI is InChI=1S/C28H24ClNO4S2/c1-4-5-20-14-19(15-24(33-3)26(20)34-17-18-6-8-21(29)9-7-18)16-25-27(31)30(28(35)36-25)22-10-12-23(32-2)13-11-22/h4,6-16H,1,5,17H2,2-3H3/b25-16+. The third-order valence-electron chi connectivity index (χ3n) is 5.46. The van der Waals surface area contributed by atoms with Gasteiger partial charge in [0.2, 0.25) is 0 Å². The van der Waals surface area contributed by atoms with E-state index in [9.17, 15) is 4.79 Å². The minimum Gasteiger partial charge on any atom is -0.497 e. The van der Waals surface area contributed by atoms with Gasteiger partial charge in [0.1, 0.15) is 12.4 Å². The molecule has 4 rings (SSSR count). The molecule has 3 aromatic rings. The highest BCUT2D eigenvalue weighted by Gasteiger charge is 2.33. The van der Waals surface area contributed by atoms with E-state index in [1.807, 2.05) is 54.6 Å². The molecular formula is C28H24ClNO4S2. The van der Waals surface area contributed by atoms with Crippen molar-refractivity contribution in [2.24, 2.45) is 0 Å². The summed E-state index contributed by atoms with van der Waals surface area (Å²) in [6.07, 6.45) is 4.19. The summed E-state index contributed by atoms with van der Waals surface area (Å²) in [5.41, 5.74) is 3.38. The van der Waals surface area contributed by atoms with Crippen LogP contribution in [0.2, 0.25) is 5.02 Å². The van der Waals surface area contributed by atoms with E-state index in [4.69, 9.17) is 38.0 Å². The summed E-state index contributed by atoms with van der Waals surface area (Å²) in [6.45, 7) is 4.23. The summed E-state index contributed by atoms with van der Waals surface area (Å²) in [6, 6.07) is 18.5. The summed E-state index contributed by atoms with van der Waals surface area (Å²) >= 11 is 12.8. The van der Waals surface area contributed by atoms with Gasteiger partial charge in [0.25, 0.3) is 5.91 Å². The van der Waals surface area contributed by atoms with Crippen molar-refractivity contribution in [3.8, 4) is 17.2 Å². The number of rotatable bonds is 9. The van der Waals surface area contributed by atoms with Crippen LogP contribution < -0.4 is 19.1 Å². The Morgan fingerprint density at radius 3 is 2.42 bits per heavy atom. The molecule has 0 aromatic heterocycles. The van der Waals surface area contributed by atoms with E-state index in [0.29, 0.717) is 50.2 Å². The van der Waals surface area contributed by atoms with Gasteiger partial charge in [-0.2, -0.15) is 0 Å². The van der Waals surface area contributed by atoms with Gasteiger partial charge >= 0.3 is 0 Å². The first kappa shape index (κ1) is 25.8. The molecule has 0 bridgehead atoms. The van der Waals surface area contributed by atoms with Gasteiger partial charge in [-0.05, 0) is 72.2 Å². The average molecular weight is 538 g/mol. The Balaban J connectivity index is 1.62. The van der Waals surface area contributed by atoms with Crippen LogP contribution in [-0.4, -0.2) is 24.4 Å². The number of benzene rings is 3. The smallest absolute Gasteiger partial charge is 0.270 e. The van der Waals surface area contributed by atoms with Gasteiger partial charge in [-0.15, -0.1) is 6.58 Å². The normalized spacial score (nSPS) is 14.3. The minimum atomic E-state index is -0.178. The van der Waals surface area contributed by atoms with E-state index in [0.717, 1.165) is 16.7 Å². The van der Waals surface area contributed by atoms with Crippen LogP contribution in [0.25, 0.3) is 6.08 Å². The molecular weight excluding hydrogens is 514 g/mol. The van der Waals surface area contributed by atoms with Crippen LogP contribution in [0, 0.1) is 0 Å². The van der Waals surface area contributed by atoms with Gasteiger partial charge in [-0.1, -0.05) is 53.8 Å². The van der Waals surface area contributed by atoms with Crippen molar-refractivity contribution in [3.05, 3.63) is 99.9 Å². The second-order valence-corrected chi connectivity index (χ2v) is 9.95. The number of methoxy groups -OCH3 is 2. The van der Waals surface area contributed by atoms with E-state index in [1.165, 1.54) is 16.7 Å². The molecule has 0 N–H and O–H groups in total. The molecule has 0 saturated carbocycles. The average Bonchev–Trinajstić information content (AvgIpc) is 3.16. The van der Waals surface area contributed by atoms with Crippen LogP contribution in [0.4, 0.5) is 5.69 Å². The van der Waals surface area contributed by atoms with Crippen molar-refractivity contribution in [2.75, 3.05) is 19.1 Å². The molecule has 8 heteroatoms. The quantitative estimate of drug-likeness (QED) is 0.165. The number of thioether (sulfide) groups is 1. The second-order valence-electron chi connectivity index (χ2n) is 7.83. The fourth-order valence-electron chi connectivity index (χ4n) is 3.70. The Morgan fingerprint density at radius 1 is 1.06 bits per heavy atom. The zero-order valence-corrected chi connectivity index (χ0v) is 22.2. The third-order valence-corrected chi connectivity index (χ3v) is 7.01. The molecule has 1 amide bonds. The summed E-state index contributed by atoms with van der Waals surface area (Å²) in [4.78, 5) is 15.3. The topological polar surface area (TPSA) is 48.0 Å². The summed E-state index contributed by atoms with van der Waals surface area (Å²) in [5.74, 6) is 1.73. The Labute approximate surface area is 225 Å². The lowest BCUT2D eigenvalue weighted by Crippen LogP contribution is -2.27. The van der Waals surface area contributed by atoms with E-state index in [1.54, 1.807) is 32.4 Å². The van der Waals surface area contributed by atoms with E-state index < -0.39 is 0 Å². The fourth-order valence-corrected chi connectivity index (χ4v) is 5.12. The monoisotopic (exact) mass is 537 g/mol. The van der Waals surface area contributed by atoms with Crippen LogP contribution in [0.3, 0.4) is 0 Å². The van der Waals surface area contributed by atoms with Crippen molar-refractivity contribution in [1.82, 2.24) is 0 Å². The maximum atomic E-state index is 13.2. The molecule has 5 nitrogen and oxygen atoms in total. The zero-order chi connectivity index (χ0) is 25.7. The van der Waals surface area contributed by atoms with Crippen molar-refractivity contribution in [2.45, 2.75) is 13.0 Å². The number of hydrogen-bond donors (Lipinski definition) is 0. The highest BCUT2D eigenvalue weighted by molar-refractivity contribution is 8.27. The number of amides is 1. The number of anilines is 1. The molecule has 1 aliphatic rings. The molecule has 0 radical (unpaired) electrons. The summed E-state index contributed by atoms with van der Waals surface area (Å²) in [7, 11) is 3.19. The molecule has 3 aromatic carbocycles. The predicted molar refractivity (Wildman–Crippen MR) is 151 cm³/mol. The lowest BCUT2D eigenvalue weighted by molar-refractivity contribution is -0.113. The van der Waals surface area contributed by atoms with E-state index in [-0.39, 0.29) is 5.91 Å². The molecule has 36 heavy (non-hydrogen) atoms. The maximum Gasteiger partial charge on any atom is 0.270 e. The van der Waals surface area contributed by atoms with Crippen molar-refractivity contribution >= 4 is 57.6 Å². The fraction of sp³-hybridized carbons (Fsp3) is 0.143. The minimum absolute atomic E-state index is 0.178. The summed E-state index contributed by atoms with van der Waals surface area (Å²) in [5, 5.41) is 0.672. The molecule has 0 aliphatic carbocycles. The van der Waals surface area contributed by atoms with Gasteiger partial charge in [0.15, 0.2) is 15.8 Å². The number of carbonyl (C=O) groups excluding carboxylic acids is 1. The van der Waals surface area contributed by atoms with Crippen molar-refractivity contribution < 1.29 is 19.0 Å². The number of thiocarbonyl (C=S) groups is 1. The number of carbonyl (C=O) groups is 1. The van der Waals surface area contributed by atoms with Crippen LogP contribution >= 0.6 is 35.6 Å².